The zero-order chi connectivity index (χ0) is 21.8. The van der Waals surface area contributed by atoms with E-state index in [1.165, 1.54) is 55.7 Å². The summed E-state index contributed by atoms with van der Waals surface area (Å²) >= 11 is 0. The largest absolute Gasteiger partial charge is 0.303 e. The van der Waals surface area contributed by atoms with Crippen LogP contribution in [-0.4, -0.2) is 42.5 Å². The molecule has 0 bridgehead atoms. The van der Waals surface area contributed by atoms with Gasteiger partial charge in [-0.25, -0.2) is 0 Å². The molecule has 0 N–H and O–H groups in total. The normalized spacial score (nSPS) is 23.9. The summed E-state index contributed by atoms with van der Waals surface area (Å²) in [5.41, 5.74) is 4.47. The molecular formula is C30H36N2. The molecule has 0 aromatic heterocycles. The van der Waals surface area contributed by atoms with Crippen molar-refractivity contribution in [3.8, 4) is 0 Å². The standard InChI is InChI=1S/C30H36N2/c1-24(25-11-5-2-6-12-25)32-22-29(30(23-32)28-15-9-4-10-16-28)21-31-19-17-27(18-20-31)26-13-7-3-8-14-26/h2-16,24,27,29-30H,17-23H2,1H3/t24?,29-,30+/m0/s1. The van der Waals surface area contributed by atoms with Gasteiger partial charge in [0.2, 0.25) is 0 Å². The summed E-state index contributed by atoms with van der Waals surface area (Å²) in [6.45, 7) is 8.40. The van der Waals surface area contributed by atoms with E-state index in [0.29, 0.717) is 17.9 Å². The lowest BCUT2D eigenvalue weighted by atomic mass is 9.86. The van der Waals surface area contributed by atoms with Gasteiger partial charge in [-0.05, 0) is 61.4 Å². The molecule has 0 radical (unpaired) electrons. The maximum Gasteiger partial charge on any atom is 0.0320 e. The van der Waals surface area contributed by atoms with Gasteiger partial charge >= 0.3 is 0 Å². The van der Waals surface area contributed by atoms with Crippen LogP contribution in [0.2, 0.25) is 0 Å². The van der Waals surface area contributed by atoms with Gasteiger partial charge in [0.05, 0.1) is 0 Å². The Hall–Kier alpha value is -2.42. The minimum absolute atomic E-state index is 0.469. The van der Waals surface area contributed by atoms with Gasteiger partial charge in [0, 0.05) is 31.6 Å². The Balaban J connectivity index is 1.27. The van der Waals surface area contributed by atoms with Gasteiger partial charge in [-0.2, -0.15) is 0 Å². The summed E-state index contributed by atoms with van der Waals surface area (Å²) in [5.74, 6) is 2.04. The first-order valence-electron chi connectivity index (χ1n) is 12.4. The van der Waals surface area contributed by atoms with Crippen LogP contribution in [0.5, 0.6) is 0 Å². The minimum Gasteiger partial charge on any atom is -0.303 e. The summed E-state index contributed by atoms with van der Waals surface area (Å²) in [6.07, 6.45) is 2.58. The number of hydrogen-bond acceptors (Lipinski definition) is 2. The molecule has 2 heterocycles. The molecule has 0 aliphatic carbocycles. The molecule has 166 valence electrons. The number of rotatable bonds is 6. The van der Waals surface area contributed by atoms with Crippen LogP contribution in [0.4, 0.5) is 0 Å². The van der Waals surface area contributed by atoms with E-state index in [1.54, 1.807) is 0 Å². The van der Waals surface area contributed by atoms with Crippen LogP contribution in [-0.2, 0) is 0 Å². The predicted octanol–water partition coefficient (Wildman–Crippen LogP) is 6.34. The van der Waals surface area contributed by atoms with Crippen molar-refractivity contribution < 1.29 is 0 Å². The maximum atomic E-state index is 2.75. The zero-order valence-corrected chi connectivity index (χ0v) is 19.3. The highest BCUT2D eigenvalue weighted by atomic mass is 15.2. The van der Waals surface area contributed by atoms with Crippen molar-refractivity contribution in [1.29, 1.82) is 0 Å². The average Bonchev–Trinajstić information content (AvgIpc) is 3.29. The van der Waals surface area contributed by atoms with Gasteiger partial charge in [-0.1, -0.05) is 91.0 Å². The van der Waals surface area contributed by atoms with Crippen LogP contribution < -0.4 is 0 Å². The first-order chi connectivity index (χ1) is 15.8. The highest BCUT2D eigenvalue weighted by Gasteiger charge is 2.37. The summed E-state index contributed by atoms with van der Waals surface area (Å²) in [6, 6.07) is 33.9. The van der Waals surface area contributed by atoms with Crippen LogP contribution in [0.1, 0.15) is 54.3 Å². The van der Waals surface area contributed by atoms with E-state index >= 15 is 0 Å². The molecule has 2 aliphatic rings. The fourth-order valence-corrected chi connectivity index (χ4v) is 5.93. The highest BCUT2D eigenvalue weighted by molar-refractivity contribution is 5.25. The summed E-state index contributed by atoms with van der Waals surface area (Å²) in [4.78, 5) is 5.46. The molecule has 3 aromatic carbocycles. The minimum atomic E-state index is 0.469. The quantitative estimate of drug-likeness (QED) is 0.455. The predicted molar refractivity (Wildman–Crippen MR) is 134 cm³/mol. The number of piperidine rings is 1. The van der Waals surface area contributed by atoms with Crippen LogP contribution in [0, 0.1) is 5.92 Å². The lowest BCUT2D eigenvalue weighted by Gasteiger charge is -2.35. The van der Waals surface area contributed by atoms with E-state index in [2.05, 4.69) is 108 Å². The van der Waals surface area contributed by atoms with E-state index in [9.17, 15) is 0 Å². The smallest absolute Gasteiger partial charge is 0.0320 e. The monoisotopic (exact) mass is 424 g/mol. The van der Waals surface area contributed by atoms with Crippen LogP contribution in [0.15, 0.2) is 91.0 Å². The second kappa shape index (κ2) is 10.0. The average molecular weight is 425 g/mol. The molecule has 2 nitrogen and oxygen atoms in total. The number of benzene rings is 3. The first kappa shape index (κ1) is 21.4. The molecule has 0 amide bonds. The van der Waals surface area contributed by atoms with Crippen molar-refractivity contribution in [3.05, 3.63) is 108 Å². The van der Waals surface area contributed by atoms with Crippen molar-refractivity contribution in [2.24, 2.45) is 5.92 Å². The Labute approximate surface area is 193 Å². The van der Waals surface area contributed by atoms with Crippen molar-refractivity contribution in [1.82, 2.24) is 9.80 Å². The van der Waals surface area contributed by atoms with Gasteiger partial charge < -0.3 is 4.90 Å². The third-order valence-electron chi connectivity index (χ3n) is 7.88. The molecular weight excluding hydrogens is 388 g/mol. The Bertz CT molecular complexity index is 948. The topological polar surface area (TPSA) is 6.48 Å². The molecule has 0 saturated carbocycles. The summed E-state index contributed by atoms with van der Waals surface area (Å²) < 4.78 is 0. The second-order valence-corrected chi connectivity index (χ2v) is 9.80. The lowest BCUT2D eigenvalue weighted by molar-refractivity contribution is 0.173. The third-order valence-corrected chi connectivity index (χ3v) is 7.88. The second-order valence-electron chi connectivity index (χ2n) is 9.80. The van der Waals surface area contributed by atoms with Crippen molar-refractivity contribution in [3.63, 3.8) is 0 Å². The number of nitrogens with zero attached hydrogens (tertiary/aromatic N) is 2. The van der Waals surface area contributed by atoms with Gasteiger partial charge in [-0.3, -0.25) is 4.90 Å². The highest BCUT2D eigenvalue weighted by Crippen LogP contribution is 2.38. The number of likely N-dealkylation sites (tertiary alicyclic amines) is 2. The molecule has 2 heteroatoms. The van der Waals surface area contributed by atoms with Crippen LogP contribution in [0.3, 0.4) is 0 Å². The zero-order valence-electron chi connectivity index (χ0n) is 19.3. The first-order valence-corrected chi connectivity index (χ1v) is 12.4. The van der Waals surface area contributed by atoms with Crippen LogP contribution >= 0.6 is 0 Å². The van der Waals surface area contributed by atoms with Gasteiger partial charge in [-0.15, -0.1) is 0 Å². The lowest BCUT2D eigenvalue weighted by Crippen LogP contribution is -2.38. The van der Waals surface area contributed by atoms with E-state index < -0.39 is 0 Å². The Morgan fingerprint density at radius 2 is 1.28 bits per heavy atom. The summed E-state index contributed by atoms with van der Waals surface area (Å²) in [5, 5.41) is 0. The molecule has 3 aromatic rings. The number of hydrogen-bond donors (Lipinski definition) is 0. The Morgan fingerprint density at radius 3 is 1.91 bits per heavy atom. The van der Waals surface area contributed by atoms with Crippen molar-refractivity contribution >= 4 is 0 Å². The SMILES string of the molecule is CC(c1ccccc1)N1C[C@H](CN2CCC(c3ccccc3)CC2)[C@@H](c2ccccc2)C1. The summed E-state index contributed by atoms with van der Waals surface area (Å²) in [7, 11) is 0. The van der Waals surface area contributed by atoms with E-state index in [1.807, 2.05) is 0 Å². The van der Waals surface area contributed by atoms with E-state index in [0.717, 1.165) is 12.5 Å². The van der Waals surface area contributed by atoms with E-state index in [4.69, 9.17) is 0 Å². The molecule has 1 unspecified atom stereocenters. The maximum absolute atomic E-state index is 2.75. The van der Waals surface area contributed by atoms with E-state index in [-0.39, 0.29) is 0 Å². The Kier molecular flexibility index (Phi) is 6.71. The molecule has 2 saturated heterocycles. The van der Waals surface area contributed by atoms with Gasteiger partial charge in [0.25, 0.3) is 0 Å². The Morgan fingerprint density at radius 1 is 0.719 bits per heavy atom. The fourth-order valence-electron chi connectivity index (χ4n) is 5.93. The molecule has 32 heavy (non-hydrogen) atoms. The third kappa shape index (κ3) is 4.82. The molecule has 5 rings (SSSR count). The van der Waals surface area contributed by atoms with Gasteiger partial charge in [0.15, 0.2) is 0 Å². The molecule has 2 aliphatic heterocycles. The van der Waals surface area contributed by atoms with Crippen molar-refractivity contribution in [2.75, 3.05) is 32.7 Å². The van der Waals surface area contributed by atoms with Gasteiger partial charge in [0.1, 0.15) is 0 Å². The fraction of sp³-hybridized carbons (Fsp3) is 0.400. The van der Waals surface area contributed by atoms with Crippen molar-refractivity contribution in [2.45, 2.75) is 37.6 Å². The molecule has 3 atom stereocenters. The molecule has 0 spiro atoms. The van der Waals surface area contributed by atoms with Crippen LogP contribution in [0.25, 0.3) is 0 Å². The molecule has 2 fully saturated rings.